The van der Waals surface area contributed by atoms with Crippen LogP contribution in [-0.2, 0) is 0 Å². The number of anilines is 2. The van der Waals surface area contributed by atoms with E-state index >= 15 is 0 Å². The third kappa shape index (κ3) is 4.41. The van der Waals surface area contributed by atoms with E-state index < -0.39 is 0 Å². The number of amides is 1. The van der Waals surface area contributed by atoms with E-state index in [1.165, 1.54) is 24.3 Å². The fourth-order valence-electron chi connectivity index (χ4n) is 3.25. The van der Waals surface area contributed by atoms with Crippen LogP contribution in [0.25, 0.3) is 11.4 Å². The van der Waals surface area contributed by atoms with Gasteiger partial charge < -0.3 is 15.1 Å². The number of carbonyl (C=O) groups excluding carboxylic acids is 1. The molecule has 0 bridgehead atoms. The minimum absolute atomic E-state index is 0.315. The van der Waals surface area contributed by atoms with Crippen molar-refractivity contribution in [3.05, 3.63) is 72.2 Å². The van der Waals surface area contributed by atoms with Gasteiger partial charge in [-0.05, 0) is 31.3 Å². The number of benzene rings is 2. The highest BCUT2D eigenvalue weighted by atomic mass is 19.1. The maximum atomic E-state index is 13.1. The van der Waals surface area contributed by atoms with Gasteiger partial charge in [-0.2, -0.15) is 0 Å². The number of hydrogen-bond acceptors (Lipinski definition) is 5. The van der Waals surface area contributed by atoms with Crippen LogP contribution in [0.2, 0.25) is 0 Å². The molecule has 1 fully saturated rings. The van der Waals surface area contributed by atoms with Crippen LogP contribution >= 0.6 is 0 Å². The van der Waals surface area contributed by atoms with E-state index in [1.807, 2.05) is 30.3 Å². The molecule has 0 spiro atoms. The maximum Gasteiger partial charge on any atom is 0.261 e. The molecule has 148 valence electrons. The highest BCUT2D eigenvalue weighted by molar-refractivity contribution is 6.07. The fraction of sp³-hybridized carbons (Fsp3) is 0.227. The molecule has 0 unspecified atom stereocenters. The first-order valence-electron chi connectivity index (χ1n) is 9.53. The predicted octanol–water partition coefficient (Wildman–Crippen LogP) is 3.29. The fourth-order valence-corrected chi connectivity index (χ4v) is 3.25. The predicted molar refractivity (Wildman–Crippen MR) is 112 cm³/mol. The Morgan fingerprint density at radius 2 is 1.69 bits per heavy atom. The summed E-state index contributed by atoms with van der Waals surface area (Å²) in [5.41, 5.74) is 1.82. The second-order valence-corrected chi connectivity index (χ2v) is 7.05. The molecule has 29 heavy (non-hydrogen) atoms. The number of nitrogens with zero attached hydrogens (tertiary/aromatic N) is 4. The Bertz CT molecular complexity index is 986. The van der Waals surface area contributed by atoms with Crippen LogP contribution in [0.1, 0.15) is 10.4 Å². The molecule has 7 heteroatoms. The first-order valence-corrected chi connectivity index (χ1v) is 9.53. The Balaban J connectivity index is 1.67. The molecule has 0 atom stereocenters. The van der Waals surface area contributed by atoms with Crippen LogP contribution in [0.3, 0.4) is 0 Å². The quantitative estimate of drug-likeness (QED) is 0.740. The van der Waals surface area contributed by atoms with Crippen LogP contribution in [-0.4, -0.2) is 54.0 Å². The third-order valence-corrected chi connectivity index (χ3v) is 4.95. The van der Waals surface area contributed by atoms with Gasteiger partial charge in [0.15, 0.2) is 5.82 Å². The van der Waals surface area contributed by atoms with Crippen molar-refractivity contribution in [3.63, 3.8) is 0 Å². The number of nitrogens with one attached hydrogen (secondary N) is 1. The molecule has 1 amide bonds. The number of likely N-dealkylation sites (N-methyl/N-ethyl adjacent to an activating group) is 1. The van der Waals surface area contributed by atoms with Gasteiger partial charge in [-0.3, -0.25) is 4.79 Å². The molecule has 1 N–H and O–H groups in total. The average Bonchev–Trinajstić information content (AvgIpc) is 2.76. The summed E-state index contributed by atoms with van der Waals surface area (Å²) in [5, 5.41) is 2.81. The number of aromatic nitrogens is 2. The molecule has 1 aromatic heterocycles. The average molecular weight is 391 g/mol. The number of piperazine rings is 1. The monoisotopic (exact) mass is 391 g/mol. The topological polar surface area (TPSA) is 61.4 Å². The van der Waals surface area contributed by atoms with Crippen LogP contribution in [0, 0.1) is 5.82 Å². The highest BCUT2D eigenvalue weighted by Crippen LogP contribution is 2.24. The summed E-state index contributed by atoms with van der Waals surface area (Å²) in [6, 6.07) is 15.4. The van der Waals surface area contributed by atoms with Gasteiger partial charge in [0.2, 0.25) is 0 Å². The van der Waals surface area contributed by atoms with Crippen LogP contribution in [0.4, 0.5) is 15.9 Å². The van der Waals surface area contributed by atoms with E-state index in [0.717, 1.165) is 31.7 Å². The number of hydrogen-bond donors (Lipinski definition) is 1. The van der Waals surface area contributed by atoms with E-state index in [2.05, 4.69) is 27.1 Å². The lowest BCUT2D eigenvalue weighted by Gasteiger charge is -2.34. The van der Waals surface area contributed by atoms with Crippen molar-refractivity contribution in [3.8, 4) is 11.4 Å². The van der Waals surface area contributed by atoms with Gasteiger partial charge >= 0.3 is 0 Å². The Hall–Kier alpha value is -3.32. The van der Waals surface area contributed by atoms with Gasteiger partial charge in [0.1, 0.15) is 17.2 Å². The first kappa shape index (κ1) is 19.0. The van der Waals surface area contributed by atoms with Crippen molar-refractivity contribution < 1.29 is 9.18 Å². The largest absolute Gasteiger partial charge is 0.353 e. The van der Waals surface area contributed by atoms with Crippen molar-refractivity contribution in [1.29, 1.82) is 0 Å². The molecule has 2 heterocycles. The molecule has 0 aliphatic carbocycles. The minimum atomic E-state index is -0.350. The smallest absolute Gasteiger partial charge is 0.261 e. The molecule has 6 nitrogen and oxygen atoms in total. The Morgan fingerprint density at radius 1 is 1.00 bits per heavy atom. The molecule has 2 aromatic carbocycles. The van der Waals surface area contributed by atoms with Crippen LogP contribution in [0.15, 0.2) is 60.8 Å². The lowest BCUT2D eigenvalue weighted by Crippen LogP contribution is -2.45. The summed E-state index contributed by atoms with van der Waals surface area (Å²) in [6.45, 7) is 3.34. The van der Waals surface area contributed by atoms with Gasteiger partial charge in [0, 0.05) is 43.6 Å². The molecule has 3 aromatic rings. The van der Waals surface area contributed by atoms with Gasteiger partial charge in [0.05, 0.1) is 0 Å². The lowest BCUT2D eigenvalue weighted by molar-refractivity contribution is 0.102. The summed E-state index contributed by atoms with van der Waals surface area (Å²) in [6.07, 6.45) is 1.57. The first-order chi connectivity index (χ1) is 14.1. The van der Waals surface area contributed by atoms with Crippen LogP contribution in [0.5, 0.6) is 0 Å². The van der Waals surface area contributed by atoms with Crippen molar-refractivity contribution in [2.45, 2.75) is 0 Å². The molecule has 4 rings (SSSR count). The normalized spacial score (nSPS) is 14.6. The number of rotatable bonds is 4. The number of carbonyl (C=O) groups is 1. The second kappa shape index (κ2) is 8.36. The molecule has 1 aliphatic heterocycles. The zero-order valence-corrected chi connectivity index (χ0v) is 16.2. The Morgan fingerprint density at radius 3 is 2.38 bits per heavy atom. The Labute approximate surface area is 169 Å². The SMILES string of the molecule is CN1CCN(c2nc(-c3ccccc3)ncc2C(=O)Nc2ccc(F)cc2)CC1. The molecule has 1 aliphatic rings. The minimum Gasteiger partial charge on any atom is -0.353 e. The van der Waals surface area contributed by atoms with Gasteiger partial charge in [0.25, 0.3) is 5.91 Å². The number of halogens is 1. The summed E-state index contributed by atoms with van der Waals surface area (Å²) in [4.78, 5) is 26.5. The molecule has 0 saturated carbocycles. The Kier molecular flexibility index (Phi) is 5.48. The molecular weight excluding hydrogens is 369 g/mol. The van der Waals surface area contributed by atoms with Crippen LogP contribution < -0.4 is 10.2 Å². The van der Waals surface area contributed by atoms with E-state index in [0.29, 0.717) is 22.9 Å². The summed E-state index contributed by atoms with van der Waals surface area (Å²) in [5.74, 6) is 0.534. The van der Waals surface area contributed by atoms with E-state index in [1.54, 1.807) is 6.20 Å². The lowest BCUT2D eigenvalue weighted by atomic mass is 10.2. The van der Waals surface area contributed by atoms with Crippen molar-refractivity contribution >= 4 is 17.4 Å². The summed E-state index contributed by atoms with van der Waals surface area (Å²) >= 11 is 0. The highest BCUT2D eigenvalue weighted by Gasteiger charge is 2.23. The van der Waals surface area contributed by atoms with E-state index in [4.69, 9.17) is 4.98 Å². The van der Waals surface area contributed by atoms with Gasteiger partial charge in [-0.15, -0.1) is 0 Å². The molecule has 0 radical (unpaired) electrons. The van der Waals surface area contributed by atoms with Gasteiger partial charge in [-0.25, -0.2) is 14.4 Å². The summed E-state index contributed by atoms with van der Waals surface area (Å²) < 4.78 is 13.1. The molecular formula is C22H22FN5O. The second-order valence-electron chi connectivity index (χ2n) is 7.05. The zero-order valence-electron chi connectivity index (χ0n) is 16.2. The third-order valence-electron chi connectivity index (χ3n) is 4.95. The maximum absolute atomic E-state index is 13.1. The standard InChI is InChI=1S/C22H22FN5O/c1-27-11-13-28(14-12-27)21-19(22(29)25-18-9-7-17(23)8-10-18)15-24-20(26-21)16-5-3-2-4-6-16/h2-10,15H,11-14H2,1H3,(H,25,29). The van der Waals surface area contributed by atoms with Gasteiger partial charge in [-0.1, -0.05) is 30.3 Å². The summed E-state index contributed by atoms with van der Waals surface area (Å²) in [7, 11) is 2.08. The molecule has 1 saturated heterocycles. The zero-order chi connectivity index (χ0) is 20.2. The van der Waals surface area contributed by atoms with Crippen molar-refractivity contribution in [2.24, 2.45) is 0 Å². The van der Waals surface area contributed by atoms with Crippen molar-refractivity contribution in [2.75, 3.05) is 43.4 Å². The van der Waals surface area contributed by atoms with E-state index in [9.17, 15) is 9.18 Å². The van der Waals surface area contributed by atoms with Crippen molar-refractivity contribution in [1.82, 2.24) is 14.9 Å². The van der Waals surface area contributed by atoms with E-state index in [-0.39, 0.29) is 11.7 Å².